The summed E-state index contributed by atoms with van der Waals surface area (Å²) in [4.78, 5) is 4.17. The highest BCUT2D eigenvalue weighted by Gasteiger charge is 2.26. The number of nitrogens with zero attached hydrogens (tertiary/aromatic N) is 1. The molecule has 0 bridgehead atoms. The summed E-state index contributed by atoms with van der Waals surface area (Å²) < 4.78 is 5.56. The normalized spacial score (nSPS) is 26.7. The van der Waals surface area contributed by atoms with Gasteiger partial charge in [-0.05, 0) is 31.4 Å². The monoisotopic (exact) mass is 234 g/mol. The lowest BCUT2D eigenvalue weighted by Crippen LogP contribution is -2.44. The van der Waals surface area contributed by atoms with Gasteiger partial charge in [0.2, 0.25) is 0 Å². The van der Waals surface area contributed by atoms with Crippen molar-refractivity contribution in [3.05, 3.63) is 30.1 Å². The molecule has 2 rings (SSSR count). The summed E-state index contributed by atoms with van der Waals surface area (Å²) >= 11 is 0. The number of ether oxygens (including phenoxy) is 1. The Bertz CT molecular complexity index is 328. The molecule has 3 heteroatoms. The van der Waals surface area contributed by atoms with Crippen LogP contribution in [-0.4, -0.2) is 24.2 Å². The van der Waals surface area contributed by atoms with Crippen molar-refractivity contribution in [3.63, 3.8) is 0 Å². The maximum atomic E-state index is 5.56. The lowest BCUT2D eigenvalue weighted by Gasteiger charge is -2.33. The van der Waals surface area contributed by atoms with E-state index in [1.807, 2.05) is 25.6 Å². The number of nitrogens with one attached hydrogen (secondary N) is 1. The van der Waals surface area contributed by atoms with E-state index in [1.165, 1.54) is 31.2 Å². The van der Waals surface area contributed by atoms with Gasteiger partial charge in [0, 0.05) is 31.6 Å². The molecule has 1 heterocycles. The Kier molecular flexibility index (Phi) is 4.51. The van der Waals surface area contributed by atoms with Crippen molar-refractivity contribution in [3.8, 4) is 0 Å². The van der Waals surface area contributed by atoms with Crippen LogP contribution in [0.3, 0.4) is 0 Å². The van der Waals surface area contributed by atoms with Gasteiger partial charge in [-0.15, -0.1) is 0 Å². The Labute approximate surface area is 104 Å². The van der Waals surface area contributed by atoms with E-state index in [2.05, 4.69) is 23.3 Å². The third-order valence-corrected chi connectivity index (χ3v) is 3.65. The van der Waals surface area contributed by atoms with Gasteiger partial charge in [0.05, 0.1) is 6.10 Å². The fourth-order valence-electron chi connectivity index (χ4n) is 2.62. The Morgan fingerprint density at radius 3 is 2.94 bits per heavy atom. The van der Waals surface area contributed by atoms with Crippen molar-refractivity contribution >= 4 is 0 Å². The Morgan fingerprint density at radius 2 is 2.24 bits per heavy atom. The average Bonchev–Trinajstić information content (AvgIpc) is 2.40. The zero-order valence-corrected chi connectivity index (χ0v) is 10.7. The molecule has 1 aromatic rings. The molecule has 3 atom stereocenters. The molecule has 1 aliphatic carbocycles. The second-order valence-electron chi connectivity index (χ2n) is 4.84. The second-order valence-corrected chi connectivity index (χ2v) is 4.84. The van der Waals surface area contributed by atoms with Crippen LogP contribution in [0.15, 0.2) is 24.5 Å². The number of hydrogen-bond donors (Lipinski definition) is 1. The molecule has 1 saturated carbocycles. The first kappa shape index (κ1) is 12.5. The molecule has 0 spiro atoms. The first-order valence-corrected chi connectivity index (χ1v) is 6.50. The molecule has 1 aliphatic rings. The predicted octanol–water partition coefficient (Wildman–Crippen LogP) is 2.69. The molecule has 0 aliphatic heterocycles. The zero-order valence-electron chi connectivity index (χ0n) is 10.7. The van der Waals surface area contributed by atoms with Gasteiger partial charge in [0.15, 0.2) is 0 Å². The van der Waals surface area contributed by atoms with Gasteiger partial charge in [0.25, 0.3) is 0 Å². The summed E-state index contributed by atoms with van der Waals surface area (Å²) in [6, 6.07) is 4.92. The fraction of sp³-hybridized carbons (Fsp3) is 0.643. The highest BCUT2D eigenvalue weighted by molar-refractivity contribution is 5.13. The Balaban J connectivity index is 1.95. The summed E-state index contributed by atoms with van der Waals surface area (Å²) in [6.07, 6.45) is 9.09. The van der Waals surface area contributed by atoms with Crippen LogP contribution in [0.2, 0.25) is 0 Å². The highest BCUT2D eigenvalue weighted by atomic mass is 16.5. The molecule has 2 unspecified atom stereocenters. The van der Waals surface area contributed by atoms with Gasteiger partial charge < -0.3 is 10.1 Å². The number of pyridine rings is 1. The quantitative estimate of drug-likeness (QED) is 0.869. The van der Waals surface area contributed by atoms with Gasteiger partial charge in [-0.2, -0.15) is 0 Å². The van der Waals surface area contributed by atoms with Crippen LogP contribution in [-0.2, 0) is 4.74 Å². The Morgan fingerprint density at radius 1 is 1.41 bits per heavy atom. The largest absolute Gasteiger partial charge is 0.380 e. The molecule has 17 heavy (non-hydrogen) atoms. The van der Waals surface area contributed by atoms with Crippen LogP contribution in [0.4, 0.5) is 0 Å². The van der Waals surface area contributed by atoms with Gasteiger partial charge in [-0.3, -0.25) is 4.98 Å². The maximum Gasteiger partial charge on any atom is 0.0724 e. The van der Waals surface area contributed by atoms with Gasteiger partial charge in [-0.25, -0.2) is 0 Å². The molecule has 94 valence electrons. The minimum absolute atomic E-state index is 0.337. The molecule has 0 radical (unpaired) electrons. The summed E-state index contributed by atoms with van der Waals surface area (Å²) in [5, 5.41) is 3.67. The van der Waals surface area contributed by atoms with Crippen LogP contribution < -0.4 is 5.32 Å². The lowest BCUT2D eigenvalue weighted by atomic mass is 9.91. The van der Waals surface area contributed by atoms with Crippen LogP contribution in [0.25, 0.3) is 0 Å². The first-order chi connectivity index (χ1) is 8.31. The summed E-state index contributed by atoms with van der Waals surface area (Å²) in [5.41, 5.74) is 1.24. The standard InChI is InChI=1S/C14H22N2O/c1-11(12-6-5-9-15-10-12)16-13-7-3-4-8-14(13)17-2/h5-6,9-11,13-14,16H,3-4,7-8H2,1-2H3/t11-,13?,14?/m1/s1. The van der Waals surface area contributed by atoms with E-state index in [-0.39, 0.29) is 0 Å². The Hall–Kier alpha value is -0.930. The molecular formula is C14H22N2O. The van der Waals surface area contributed by atoms with Crippen molar-refractivity contribution in [1.29, 1.82) is 0 Å². The van der Waals surface area contributed by atoms with Crippen molar-refractivity contribution < 1.29 is 4.74 Å². The summed E-state index contributed by atoms with van der Waals surface area (Å²) in [5.74, 6) is 0. The van der Waals surface area contributed by atoms with E-state index in [1.54, 1.807) is 0 Å². The number of aromatic nitrogens is 1. The van der Waals surface area contributed by atoms with Crippen molar-refractivity contribution in [2.75, 3.05) is 7.11 Å². The van der Waals surface area contributed by atoms with Crippen molar-refractivity contribution in [2.24, 2.45) is 0 Å². The first-order valence-electron chi connectivity index (χ1n) is 6.50. The van der Waals surface area contributed by atoms with E-state index in [4.69, 9.17) is 4.74 Å². The number of rotatable bonds is 4. The third-order valence-electron chi connectivity index (χ3n) is 3.65. The average molecular weight is 234 g/mol. The van der Waals surface area contributed by atoms with Gasteiger partial charge in [0.1, 0.15) is 0 Å². The predicted molar refractivity (Wildman–Crippen MR) is 68.8 cm³/mol. The molecule has 1 N–H and O–H groups in total. The van der Waals surface area contributed by atoms with Crippen molar-refractivity contribution in [2.45, 2.75) is 50.8 Å². The summed E-state index contributed by atoms with van der Waals surface area (Å²) in [7, 11) is 1.82. The van der Waals surface area contributed by atoms with Crippen LogP contribution in [0.1, 0.15) is 44.2 Å². The summed E-state index contributed by atoms with van der Waals surface area (Å²) in [6.45, 7) is 2.19. The SMILES string of the molecule is COC1CCCCC1N[C@H](C)c1cccnc1. The smallest absolute Gasteiger partial charge is 0.0724 e. The van der Waals surface area contributed by atoms with Crippen LogP contribution in [0.5, 0.6) is 0 Å². The highest BCUT2D eigenvalue weighted by Crippen LogP contribution is 2.23. The number of hydrogen-bond acceptors (Lipinski definition) is 3. The maximum absolute atomic E-state index is 5.56. The molecule has 0 saturated heterocycles. The van der Waals surface area contributed by atoms with Gasteiger partial charge in [-0.1, -0.05) is 18.9 Å². The minimum Gasteiger partial charge on any atom is -0.380 e. The molecule has 1 aromatic heterocycles. The third kappa shape index (κ3) is 3.27. The van der Waals surface area contributed by atoms with E-state index >= 15 is 0 Å². The zero-order chi connectivity index (χ0) is 12.1. The van der Waals surface area contributed by atoms with E-state index < -0.39 is 0 Å². The van der Waals surface area contributed by atoms with Crippen LogP contribution >= 0.6 is 0 Å². The lowest BCUT2D eigenvalue weighted by molar-refractivity contribution is 0.0384. The second kappa shape index (κ2) is 6.12. The van der Waals surface area contributed by atoms with E-state index in [0.29, 0.717) is 18.2 Å². The molecule has 3 nitrogen and oxygen atoms in total. The molecule has 1 fully saturated rings. The molecular weight excluding hydrogens is 212 g/mol. The van der Waals surface area contributed by atoms with Crippen LogP contribution in [0, 0.1) is 0 Å². The van der Waals surface area contributed by atoms with Gasteiger partial charge >= 0.3 is 0 Å². The minimum atomic E-state index is 0.337. The fourth-order valence-corrected chi connectivity index (χ4v) is 2.62. The van der Waals surface area contributed by atoms with Crippen molar-refractivity contribution in [1.82, 2.24) is 10.3 Å². The molecule has 0 amide bonds. The van der Waals surface area contributed by atoms with E-state index in [0.717, 1.165) is 0 Å². The topological polar surface area (TPSA) is 34.1 Å². The molecule has 0 aromatic carbocycles. The van der Waals surface area contributed by atoms with E-state index in [9.17, 15) is 0 Å². The number of methoxy groups -OCH3 is 1.